The number of allylic oxidation sites excluding steroid dienone is 11. The summed E-state index contributed by atoms with van der Waals surface area (Å²) in [6, 6.07) is 0.225. The maximum Gasteiger partial charge on any atom is 0.137 e. The maximum atomic E-state index is 7.93. The lowest BCUT2D eigenvalue weighted by Crippen LogP contribution is -2.48. The summed E-state index contributed by atoms with van der Waals surface area (Å²) < 4.78 is 11.7. The molecular formula is C34H40N4O2. The van der Waals surface area contributed by atoms with Crippen LogP contribution in [0.3, 0.4) is 0 Å². The van der Waals surface area contributed by atoms with E-state index in [0.29, 0.717) is 37.3 Å². The fraction of sp³-hybridized carbons (Fsp3) is 0.441. The van der Waals surface area contributed by atoms with Gasteiger partial charge in [-0.25, -0.2) is 9.98 Å². The first-order valence-corrected chi connectivity index (χ1v) is 14.7. The van der Waals surface area contributed by atoms with Gasteiger partial charge in [-0.15, -0.1) is 0 Å². The third-order valence-corrected chi connectivity index (χ3v) is 8.93. The molecule has 2 aliphatic carbocycles. The van der Waals surface area contributed by atoms with E-state index in [1.54, 1.807) is 0 Å². The number of hydrogen-bond donors (Lipinski definition) is 1. The minimum Gasteiger partial charge on any atom is -0.381 e. The van der Waals surface area contributed by atoms with E-state index in [-0.39, 0.29) is 6.04 Å². The molecule has 1 unspecified atom stereocenters. The zero-order valence-electron chi connectivity index (χ0n) is 23.8. The summed E-state index contributed by atoms with van der Waals surface area (Å²) in [5, 5.41) is 7.93. The van der Waals surface area contributed by atoms with Gasteiger partial charge in [-0.1, -0.05) is 37.8 Å². The van der Waals surface area contributed by atoms with Crippen LogP contribution in [0.15, 0.2) is 104 Å². The maximum absolute atomic E-state index is 7.93. The molecule has 0 bridgehead atoms. The number of hydrogen-bond acceptors (Lipinski definition) is 5. The van der Waals surface area contributed by atoms with Crippen molar-refractivity contribution >= 4 is 17.9 Å². The molecule has 1 N–H and O–H groups in total. The molecule has 0 spiro atoms. The van der Waals surface area contributed by atoms with Crippen LogP contribution in [0.5, 0.6) is 0 Å². The number of nitrogens with zero attached hydrogens (tertiary/aromatic N) is 3. The van der Waals surface area contributed by atoms with Crippen LogP contribution in [0, 0.1) is 17.2 Å². The highest BCUT2D eigenvalue weighted by Gasteiger charge is 2.33. The molecule has 6 heteroatoms. The predicted molar refractivity (Wildman–Crippen MR) is 163 cm³/mol. The van der Waals surface area contributed by atoms with Gasteiger partial charge in [0.15, 0.2) is 0 Å². The Bertz CT molecular complexity index is 1400. The SMILES string of the molecule is C=C1C=C2C(=C)C=C(C3CCCOC[C@@H]3C)N=C(N3CCOC[C@@H]3C)C2=CC=C1C1=CC2=C(CC1)CC(=N)N=C2. The average molecular weight is 537 g/mol. The Morgan fingerprint density at radius 1 is 0.950 bits per heavy atom. The Balaban J connectivity index is 1.43. The zero-order valence-corrected chi connectivity index (χ0v) is 23.8. The summed E-state index contributed by atoms with van der Waals surface area (Å²) >= 11 is 0. The molecule has 3 atom stereocenters. The van der Waals surface area contributed by atoms with E-state index < -0.39 is 0 Å². The Morgan fingerprint density at radius 2 is 1.75 bits per heavy atom. The molecular weight excluding hydrogens is 496 g/mol. The normalized spacial score (nSPS) is 29.6. The second-order valence-electron chi connectivity index (χ2n) is 11.8. The number of nitrogens with one attached hydrogen (secondary N) is 1. The quantitative estimate of drug-likeness (QED) is 0.442. The van der Waals surface area contributed by atoms with Gasteiger partial charge in [-0.05, 0) is 90.2 Å². The van der Waals surface area contributed by atoms with Gasteiger partial charge in [0, 0.05) is 49.6 Å². The van der Waals surface area contributed by atoms with Gasteiger partial charge in [-0.3, -0.25) is 5.41 Å². The number of amidine groups is 2. The molecule has 2 saturated heterocycles. The molecule has 6 aliphatic rings. The van der Waals surface area contributed by atoms with Crippen LogP contribution in [-0.2, 0) is 9.47 Å². The van der Waals surface area contributed by atoms with Crippen LogP contribution in [0.25, 0.3) is 0 Å². The van der Waals surface area contributed by atoms with Gasteiger partial charge in [-0.2, -0.15) is 0 Å². The van der Waals surface area contributed by atoms with Gasteiger partial charge in [0.25, 0.3) is 0 Å². The van der Waals surface area contributed by atoms with E-state index in [1.807, 2.05) is 6.21 Å². The van der Waals surface area contributed by atoms with E-state index in [1.165, 1.54) is 11.1 Å². The molecule has 0 radical (unpaired) electrons. The van der Waals surface area contributed by atoms with Crippen LogP contribution in [-0.4, -0.2) is 61.8 Å². The molecule has 6 rings (SSSR count). The summed E-state index contributed by atoms with van der Waals surface area (Å²) in [4.78, 5) is 12.2. The van der Waals surface area contributed by atoms with Crippen molar-refractivity contribution in [3.8, 4) is 0 Å². The topological polar surface area (TPSA) is 70.3 Å². The van der Waals surface area contributed by atoms with Crippen LogP contribution in [0.4, 0.5) is 0 Å². The van der Waals surface area contributed by atoms with Crippen LogP contribution >= 0.6 is 0 Å². The molecule has 2 fully saturated rings. The molecule has 0 aromatic carbocycles. The lowest BCUT2D eigenvalue weighted by Gasteiger charge is -2.37. The van der Waals surface area contributed by atoms with Gasteiger partial charge in [0.2, 0.25) is 0 Å². The van der Waals surface area contributed by atoms with Crippen molar-refractivity contribution in [1.82, 2.24) is 4.90 Å². The van der Waals surface area contributed by atoms with E-state index in [0.717, 1.165) is 90.4 Å². The van der Waals surface area contributed by atoms with Gasteiger partial charge >= 0.3 is 0 Å². The Labute approximate surface area is 238 Å². The van der Waals surface area contributed by atoms with Gasteiger partial charge in [0.1, 0.15) is 11.7 Å². The summed E-state index contributed by atoms with van der Waals surface area (Å²) in [6.07, 6.45) is 17.6. The van der Waals surface area contributed by atoms with Crippen molar-refractivity contribution in [2.24, 2.45) is 21.8 Å². The number of dihydropyridines is 1. The van der Waals surface area contributed by atoms with Crippen LogP contribution in [0.1, 0.15) is 46.0 Å². The van der Waals surface area contributed by atoms with Crippen molar-refractivity contribution in [2.45, 2.75) is 52.0 Å². The van der Waals surface area contributed by atoms with E-state index >= 15 is 0 Å². The number of aliphatic imine (C=N–C) groups is 2. The Kier molecular flexibility index (Phi) is 7.56. The van der Waals surface area contributed by atoms with Crippen LogP contribution in [0.2, 0.25) is 0 Å². The monoisotopic (exact) mass is 536 g/mol. The number of fused-ring (bicyclic) bond motifs is 1. The Hall–Kier alpha value is -3.35. The number of morpholine rings is 1. The third-order valence-electron chi connectivity index (χ3n) is 8.93. The van der Waals surface area contributed by atoms with Crippen molar-refractivity contribution in [3.05, 3.63) is 93.8 Å². The van der Waals surface area contributed by atoms with E-state index in [2.05, 4.69) is 67.3 Å². The van der Waals surface area contributed by atoms with E-state index in [9.17, 15) is 0 Å². The van der Waals surface area contributed by atoms with Crippen molar-refractivity contribution in [1.29, 1.82) is 5.41 Å². The molecule has 0 aromatic rings. The van der Waals surface area contributed by atoms with Gasteiger partial charge < -0.3 is 14.4 Å². The molecule has 6 nitrogen and oxygen atoms in total. The molecule has 0 aromatic heterocycles. The molecule has 208 valence electrons. The first-order valence-electron chi connectivity index (χ1n) is 14.7. The predicted octanol–water partition coefficient (Wildman–Crippen LogP) is 6.44. The highest BCUT2D eigenvalue weighted by molar-refractivity contribution is 6.06. The average Bonchev–Trinajstić information content (AvgIpc) is 3.32. The first-order chi connectivity index (χ1) is 19.4. The lowest BCUT2D eigenvalue weighted by molar-refractivity contribution is 0.0334. The standard InChI is InChI=1S/C34H40N4O2/c1-21-14-31-22(2)15-32(29-6-5-12-39-19-23(29)3)37-34(38-11-13-40-20-24(38)4)30(31)10-9-28(21)26-8-7-25-17-33(35)36-18-27(25)16-26/h9-10,14-16,18,23-24,29,35H,1-2,5-8,11-13,17,19-20H2,3-4H3/t23-,24-,29?/m0/s1. The highest BCUT2D eigenvalue weighted by atomic mass is 16.5. The zero-order chi connectivity index (χ0) is 27.8. The lowest BCUT2D eigenvalue weighted by atomic mass is 9.84. The molecule has 40 heavy (non-hydrogen) atoms. The molecule has 4 aliphatic heterocycles. The summed E-state index contributed by atoms with van der Waals surface area (Å²) in [5.74, 6) is 2.18. The number of ether oxygens (including phenoxy) is 2. The first kappa shape index (κ1) is 26.9. The fourth-order valence-electron chi connectivity index (χ4n) is 6.62. The summed E-state index contributed by atoms with van der Waals surface area (Å²) in [5.41, 5.74) is 10.1. The second kappa shape index (κ2) is 11.3. The number of rotatable bonds is 2. The molecule has 0 amide bonds. The van der Waals surface area contributed by atoms with Gasteiger partial charge in [0.05, 0.1) is 19.3 Å². The fourth-order valence-corrected chi connectivity index (χ4v) is 6.62. The van der Waals surface area contributed by atoms with Crippen molar-refractivity contribution in [3.63, 3.8) is 0 Å². The minimum atomic E-state index is 0.225. The minimum absolute atomic E-state index is 0.225. The largest absolute Gasteiger partial charge is 0.381 e. The van der Waals surface area contributed by atoms with Crippen molar-refractivity contribution in [2.75, 3.05) is 33.0 Å². The second-order valence-corrected chi connectivity index (χ2v) is 11.8. The molecule has 4 heterocycles. The smallest absolute Gasteiger partial charge is 0.137 e. The third kappa shape index (κ3) is 5.23. The Morgan fingerprint density at radius 3 is 2.60 bits per heavy atom. The molecule has 0 saturated carbocycles. The summed E-state index contributed by atoms with van der Waals surface area (Å²) in [6.45, 7) is 17.4. The van der Waals surface area contributed by atoms with Crippen LogP contribution < -0.4 is 0 Å². The van der Waals surface area contributed by atoms with Crippen molar-refractivity contribution < 1.29 is 9.47 Å². The summed E-state index contributed by atoms with van der Waals surface area (Å²) in [7, 11) is 0. The highest BCUT2D eigenvalue weighted by Crippen LogP contribution is 2.40. The van der Waals surface area contributed by atoms with E-state index in [4.69, 9.17) is 19.9 Å².